The maximum atomic E-state index is 9.82. The van der Waals surface area contributed by atoms with Crippen LogP contribution in [0.1, 0.15) is 13.8 Å². The van der Waals surface area contributed by atoms with Crippen LogP contribution < -0.4 is 0 Å². The fourth-order valence-electron chi connectivity index (χ4n) is 0.203. The van der Waals surface area contributed by atoms with E-state index in [0.29, 0.717) is 6.61 Å². The molecule has 6 heteroatoms. The second kappa shape index (κ2) is 16.4. The van der Waals surface area contributed by atoms with E-state index >= 15 is 0 Å². The monoisotopic (exact) mass is 181 g/mol. The third-order valence-electron chi connectivity index (χ3n) is 0.348. The fraction of sp³-hybridized carbons (Fsp3) is 0.833. The highest BCUT2D eigenvalue weighted by Gasteiger charge is 1.81. The van der Waals surface area contributed by atoms with Crippen LogP contribution in [-0.4, -0.2) is 36.8 Å². The molecule has 0 radical (unpaired) electrons. The number of ether oxygens (including phenoxy) is 1. The predicted octanol–water partition coefficient (Wildman–Crippen LogP) is 0.0708. The molecule has 0 heterocycles. The third-order valence-corrected chi connectivity index (χ3v) is 0.348. The Morgan fingerprint density at radius 2 is 1.83 bits per heavy atom. The molecule has 0 saturated carbocycles. The summed E-state index contributed by atoms with van der Waals surface area (Å²) in [5.41, 5.74) is 0. The SMILES string of the molecule is CCOC(C)=O.CO.C[N+](=O)[O-]. The van der Waals surface area contributed by atoms with E-state index in [1.54, 1.807) is 6.92 Å². The molecule has 0 aliphatic carbocycles. The maximum Gasteiger partial charge on any atom is 0.302 e. The van der Waals surface area contributed by atoms with Crippen molar-refractivity contribution in [2.45, 2.75) is 13.8 Å². The molecule has 0 fully saturated rings. The zero-order chi connectivity index (χ0) is 10.6. The zero-order valence-electron chi connectivity index (χ0n) is 7.73. The minimum absolute atomic E-state index is 0.211. The number of aliphatic hydroxyl groups is 1. The van der Waals surface area contributed by atoms with Gasteiger partial charge in [0.1, 0.15) is 0 Å². The number of nitrogens with zero attached hydrogens (tertiary/aromatic N) is 1. The fourth-order valence-corrected chi connectivity index (χ4v) is 0.203. The molecule has 0 aromatic heterocycles. The minimum atomic E-state index is -0.500. The van der Waals surface area contributed by atoms with E-state index in [1.807, 2.05) is 0 Å². The highest BCUT2D eigenvalue weighted by molar-refractivity contribution is 5.65. The number of nitro groups is 1. The van der Waals surface area contributed by atoms with Gasteiger partial charge in [-0.3, -0.25) is 14.9 Å². The highest BCUT2D eigenvalue weighted by Crippen LogP contribution is 1.69. The number of hydrogen-bond donors (Lipinski definition) is 1. The molecule has 0 atom stereocenters. The molecule has 0 rings (SSSR count). The standard InChI is InChI=1S/C4H8O2.CH3NO2.CH4O/c1-3-6-4(2)5;1-2(3)4;1-2/h3H2,1-2H3;1H3;2H,1H3. The summed E-state index contributed by atoms with van der Waals surface area (Å²) in [5, 5.41) is 15.8. The summed E-state index contributed by atoms with van der Waals surface area (Å²) in [6.45, 7) is 3.65. The van der Waals surface area contributed by atoms with Crippen molar-refractivity contribution in [2.24, 2.45) is 0 Å². The van der Waals surface area contributed by atoms with Gasteiger partial charge < -0.3 is 9.84 Å². The first-order valence-corrected chi connectivity index (χ1v) is 3.16. The Morgan fingerprint density at radius 1 is 1.58 bits per heavy atom. The Balaban J connectivity index is -0.000000118. The smallest absolute Gasteiger partial charge is 0.302 e. The summed E-state index contributed by atoms with van der Waals surface area (Å²) in [5.74, 6) is -0.211. The van der Waals surface area contributed by atoms with Crippen LogP contribution in [0.25, 0.3) is 0 Å². The first-order chi connectivity index (χ1) is 5.50. The average Bonchev–Trinajstić information content (AvgIpc) is 1.90. The van der Waals surface area contributed by atoms with Crippen molar-refractivity contribution in [3.8, 4) is 0 Å². The first-order valence-electron chi connectivity index (χ1n) is 3.16. The van der Waals surface area contributed by atoms with E-state index in [-0.39, 0.29) is 5.97 Å². The summed E-state index contributed by atoms with van der Waals surface area (Å²) in [6.07, 6.45) is 0. The Hall–Kier alpha value is -1.17. The summed E-state index contributed by atoms with van der Waals surface area (Å²) < 4.78 is 4.40. The molecular formula is C6H15NO5. The van der Waals surface area contributed by atoms with Crippen molar-refractivity contribution in [1.29, 1.82) is 0 Å². The van der Waals surface area contributed by atoms with E-state index in [0.717, 1.165) is 14.2 Å². The number of hydrogen-bond acceptors (Lipinski definition) is 5. The van der Waals surface area contributed by atoms with Gasteiger partial charge in [-0.2, -0.15) is 0 Å². The molecular weight excluding hydrogens is 166 g/mol. The van der Waals surface area contributed by atoms with Gasteiger partial charge in [-0.25, -0.2) is 0 Å². The maximum absolute atomic E-state index is 9.82. The lowest BCUT2D eigenvalue weighted by atomic mass is 10.8. The number of carbonyl (C=O) groups excluding carboxylic acids is 1. The minimum Gasteiger partial charge on any atom is -0.466 e. The van der Waals surface area contributed by atoms with Crippen molar-refractivity contribution in [1.82, 2.24) is 0 Å². The summed E-state index contributed by atoms with van der Waals surface area (Å²) >= 11 is 0. The second-order valence-corrected chi connectivity index (χ2v) is 1.36. The summed E-state index contributed by atoms with van der Waals surface area (Å²) in [4.78, 5) is 18.1. The van der Waals surface area contributed by atoms with Crippen molar-refractivity contribution < 1.29 is 19.6 Å². The van der Waals surface area contributed by atoms with E-state index in [4.69, 9.17) is 15.2 Å². The van der Waals surface area contributed by atoms with Crippen LogP contribution in [0, 0.1) is 10.1 Å². The average molecular weight is 181 g/mol. The number of carbonyl (C=O) groups is 1. The van der Waals surface area contributed by atoms with Gasteiger partial charge in [0.05, 0.1) is 6.61 Å². The Labute approximate surface area is 71.3 Å². The first kappa shape index (κ1) is 17.1. The van der Waals surface area contributed by atoms with E-state index < -0.39 is 4.92 Å². The Morgan fingerprint density at radius 3 is 1.83 bits per heavy atom. The van der Waals surface area contributed by atoms with Gasteiger partial charge in [-0.1, -0.05) is 0 Å². The van der Waals surface area contributed by atoms with Crippen LogP contribution in [0.2, 0.25) is 0 Å². The van der Waals surface area contributed by atoms with Crippen molar-refractivity contribution in [2.75, 3.05) is 20.8 Å². The molecule has 6 nitrogen and oxygen atoms in total. The van der Waals surface area contributed by atoms with Crippen LogP contribution in [0.5, 0.6) is 0 Å². The second-order valence-electron chi connectivity index (χ2n) is 1.36. The van der Waals surface area contributed by atoms with Crippen molar-refractivity contribution in [3.63, 3.8) is 0 Å². The van der Waals surface area contributed by atoms with Crippen LogP contribution in [0.3, 0.4) is 0 Å². The summed E-state index contributed by atoms with van der Waals surface area (Å²) in [6, 6.07) is 0. The van der Waals surface area contributed by atoms with Crippen molar-refractivity contribution in [3.05, 3.63) is 10.1 Å². The van der Waals surface area contributed by atoms with Gasteiger partial charge in [0.25, 0.3) is 0 Å². The van der Waals surface area contributed by atoms with Gasteiger partial charge in [-0.05, 0) is 6.92 Å². The van der Waals surface area contributed by atoms with Gasteiger partial charge in [0.2, 0.25) is 0 Å². The molecule has 0 aromatic rings. The van der Waals surface area contributed by atoms with E-state index in [2.05, 4.69) is 4.74 Å². The van der Waals surface area contributed by atoms with Crippen LogP contribution in [-0.2, 0) is 9.53 Å². The number of esters is 1. The molecule has 1 N–H and O–H groups in total. The quantitative estimate of drug-likeness (QED) is 0.351. The number of aliphatic hydroxyl groups excluding tert-OH is 1. The summed E-state index contributed by atoms with van der Waals surface area (Å²) in [7, 11) is 1.89. The van der Waals surface area contributed by atoms with Crippen LogP contribution >= 0.6 is 0 Å². The lowest BCUT2D eigenvalue weighted by Gasteiger charge is -1.89. The molecule has 0 amide bonds. The van der Waals surface area contributed by atoms with Gasteiger partial charge in [0, 0.05) is 19.0 Å². The molecule has 74 valence electrons. The largest absolute Gasteiger partial charge is 0.466 e. The van der Waals surface area contributed by atoms with Gasteiger partial charge >= 0.3 is 5.97 Å². The van der Waals surface area contributed by atoms with Gasteiger partial charge in [-0.15, -0.1) is 0 Å². The van der Waals surface area contributed by atoms with Crippen LogP contribution in [0.15, 0.2) is 0 Å². The zero-order valence-corrected chi connectivity index (χ0v) is 7.73. The van der Waals surface area contributed by atoms with E-state index in [1.165, 1.54) is 6.92 Å². The predicted molar refractivity (Wildman–Crippen MR) is 43.4 cm³/mol. The molecule has 0 aliphatic rings. The number of rotatable bonds is 1. The highest BCUT2D eigenvalue weighted by atomic mass is 16.6. The molecule has 12 heavy (non-hydrogen) atoms. The Bertz CT molecular complexity index is 111. The van der Waals surface area contributed by atoms with Gasteiger partial charge in [0.15, 0.2) is 7.05 Å². The molecule has 0 spiro atoms. The molecule has 0 bridgehead atoms. The van der Waals surface area contributed by atoms with E-state index in [9.17, 15) is 4.79 Å². The third kappa shape index (κ3) is 162. The lowest BCUT2D eigenvalue weighted by molar-refractivity contribution is -0.445. The topological polar surface area (TPSA) is 89.7 Å². The van der Waals surface area contributed by atoms with Crippen LogP contribution in [0.4, 0.5) is 0 Å². The lowest BCUT2D eigenvalue weighted by Crippen LogP contribution is -1.95. The molecule has 0 aromatic carbocycles. The van der Waals surface area contributed by atoms with Crippen molar-refractivity contribution >= 4 is 5.97 Å². The normalized spacial score (nSPS) is 6.42. The molecule has 0 saturated heterocycles. The molecule has 0 unspecified atom stereocenters. The Kier molecular flexibility index (Phi) is 23.4. The molecule has 0 aliphatic heterocycles.